The van der Waals surface area contributed by atoms with Gasteiger partial charge < -0.3 is 5.32 Å². The lowest BCUT2D eigenvalue weighted by molar-refractivity contribution is 0.146. The fourth-order valence-corrected chi connectivity index (χ4v) is 2.69. The van der Waals surface area contributed by atoms with Crippen LogP contribution in [0.4, 0.5) is 14.7 Å². The van der Waals surface area contributed by atoms with Gasteiger partial charge >= 0.3 is 0 Å². The molecule has 0 aliphatic rings. The number of nitrogens with zero attached hydrogens (tertiary/aromatic N) is 2. The zero-order chi connectivity index (χ0) is 17.7. The van der Waals surface area contributed by atoms with Crippen molar-refractivity contribution < 1.29 is 17.2 Å². The summed E-state index contributed by atoms with van der Waals surface area (Å²) in [4.78, 5) is 8.23. The topological polar surface area (TPSA) is 72.0 Å². The molecule has 0 fully saturated rings. The van der Waals surface area contributed by atoms with Gasteiger partial charge in [-0.1, -0.05) is 25.5 Å². The summed E-state index contributed by atoms with van der Waals surface area (Å²) in [5, 5.41) is 2.94. The highest BCUT2D eigenvalue weighted by Gasteiger charge is 2.14. The molecule has 0 atom stereocenters. The van der Waals surface area contributed by atoms with Crippen molar-refractivity contribution in [2.24, 2.45) is 0 Å². The van der Waals surface area contributed by atoms with E-state index in [0.29, 0.717) is 17.8 Å². The van der Waals surface area contributed by atoms with Gasteiger partial charge in [-0.3, -0.25) is 0 Å². The number of anilines is 1. The van der Waals surface area contributed by atoms with E-state index in [1.54, 1.807) is 12.1 Å². The molecule has 2 rings (SSSR count). The normalized spacial score (nSPS) is 11.7. The summed E-state index contributed by atoms with van der Waals surface area (Å²) in [7, 11) is -3.31. The van der Waals surface area contributed by atoms with Gasteiger partial charge in [-0.05, 0) is 24.6 Å². The third kappa shape index (κ3) is 4.70. The molecule has 1 N–H and O–H groups in total. The first-order valence-electron chi connectivity index (χ1n) is 7.52. The molecule has 130 valence electrons. The van der Waals surface area contributed by atoms with E-state index in [1.165, 1.54) is 18.2 Å². The first kappa shape index (κ1) is 18.3. The van der Waals surface area contributed by atoms with E-state index in [1.807, 2.05) is 6.92 Å². The van der Waals surface area contributed by atoms with Gasteiger partial charge in [-0.25, -0.2) is 27.2 Å². The number of alkyl halides is 2. The van der Waals surface area contributed by atoms with Crippen LogP contribution in [0.3, 0.4) is 0 Å². The molecule has 24 heavy (non-hydrogen) atoms. The minimum absolute atomic E-state index is 0.142. The maximum Gasteiger partial charge on any atom is 0.280 e. The molecule has 1 aromatic carbocycles. The average molecular weight is 355 g/mol. The monoisotopic (exact) mass is 355 g/mol. The fourth-order valence-electron chi connectivity index (χ4n) is 2.05. The molecule has 0 radical (unpaired) electrons. The lowest BCUT2D eigenvalue weighted by Crippen LogP contribution is -2.07. The quantitative estimate of drug-likeness (QED) is 0.767. The van der Waals surface area contributed by atoms with Gasteiger partial charge in [0, 0.05) is 18.4 Å². The van der Waals surface area contributed by atoms with Crippen LogP contribution in [-0.4, -0.2) is 31.2 Å². The van der Waals surface area contributed by atoms with Crippen molar-refractivity contribution in [2.45, 2.75) is 31.1 Å². The van der Waals surface area contributed by atoms with Crippen LogP contribution in [0.2, 0.25) is 0 Å². The molecule has 2 aromatic rings. The molecule has 1 aromatic heterocycles. The molecule has 0 bridgehead atoms. The molecule has 8 heteroatoms. The van der Waals surface area contributed by atoms with E-state index < -0.39 is 16.3 Å². The van der Waals surface area contributed by atoms with Crippen molar-refractivity contribution in [3.8, 4) is 11.3 Å². The van der Waals surface area contributed by atoms with Gasteiger partial charge in [0.15, 0.2) is 9.84 Å². The zero-order valence-corrected chi connectivity index (χ0v) is 14.3. The van der Waals surface area contributed by atoms with Crippen molar-refractivity contribution >= 4 is 15.8 Å². The van der Waals surface area contributed by atoms with Crippen molar-refractivity contribution in [3.63, 3.8) is 0 Å². The smallest absolute Gasteiger partial charge is 0.280 e. The van der Waals surface area contributed by atoms with Gasteiger partial charge in [0.1, 0.15) is 5.69 Å². The van der Waals surface area contributed by atoms with E-state index in [2.05, 4.69) is 15.3 Å². The molecular weight excluding hydrogens is 336 g/mol. The van der Waals surface area contributed by atoms with Crippen molar-refractivity contribution in [3.05, 3.63) is 36.0 Å². The minimum Gasteiger partial charge on any atom is -0.354 e. The van der Waals surface area contributed by atoms with Crippen LogP contribution < -0.4 is 5.32 Å². The Labute approximate surface area is 140 Å². The van der Waals surface area contributed by atoms with Gasteiger partial charge in [-0.15, -0.1) is 0 Å². The second-order valence-corrected chi connectivity index (χ2v) is 7.39. The lowest BCUT2D eigenvalue weighted by Gasteiger charge is -2.10. The molecule has 5 nitrogen and oxygen atoms in total. The summed E-state index contributed by atoms with van der Waals surface area (Å²) in [6, 6.07) is 7.16. The van der Waals surface area contributed by atoms with Crippen molar-refractivity contribution in [1.29, 1.82) is 0 Å². The second kappa shape index (κ2) is 7.65. The van der Waals surface area contributed by atoms with Crippen LogP contribution in [0, 0.1) is 0 Å². The van der Waals surface area contributed by atoms with Crippen LogP contribution in [0.25, 0.3) is 11.3 Å². The number of nitrogens with one attached hydrogen (secondary N) is 1. The Morgan fingerprint density at radius 3 is 2.38 bits per heavy atom. The van der Waals surface area contributed by atoms with Gasteiger partial charge in [0.05, 0.1) is 10.6 Å². The molecule has 0 spiro atoms. The Morgan fingerprint density at radius 1 is 1.17 bits per heavy atom. The maximum atomic E-state index is 13.1. The Kier molecular flexibility index (Phi) is 5.82. The van der Waals surface area contributed by atoms with Crippen LogP contribution >= 0.6 is 0 Å². The van der Waals surface area contributed by atoms with Crippen LogP contribution in [0.1, 0.15) is 31.9 Å². The minimum atomic E-state index is -3.31. The molecule has 0 saturated carbocycles. The summed E-state index contributed by atoms with van der Waals surface area (Å²) < 4.78 is 49.1. The largest absolute Gasteiger partial charge is 0.354 e. The SMILES string of the molecule is CCCCNc1nc(-c2ccc(S(C)(=O)=O)cc2)cc(C(F)F)n1. The molecule has 0 unspecified atom stereocenters. The third-order valence-electron chi connectivity index (χ3n) is 3.36. The highest BCUT2D eigenvalue weighted by atomic mass is 32.2. The average Bonchev–Trinajstić information content (AvgIpc) is 2.54. The summed E-state index contributed by atoms with van der Waals surface area (Å²) >= 11 is 0. The molecular formula is C16H19F2N3O2S. The highest BCUT2D eigenvalue weighted by Crippen LogP contribution is 2.25. The number of sulfone groups is 1. The predicted octanol–water partition coefficient (Wildman–Crippen LogP) is 3.70. The molecule has 1 heterocycles. The van der Waals surface area contributed by atoms with Crippen LogP contribution in [0.5, 0.6) is 0 Å². The summed E-state index contributed by atoms with van der Waals surface area (Å²) in [6.07, 6.45) is 0.230. The Morgan fingerprint density at radius 2 is 1.83 bits per heavy atom. The van der Waals surface area contributed by atoms with Gasteiger partial charge in [0.2, 0.25) is 5.95 Å². The number of rotatable bonds is 7. The zero-order valence-electron chi connectivity index (χ0n) is 13.5. The van der Waals surface area contributed by atoms with E-state index in [-0.39, 0.29) is 16.5 Å². The number of hydrogen-bond donors (Lipinski definition) is 1. The number of hydrogen-bond acceptors (Lipinski definition) is 5. The van der Waals surface area contributed by atoms with E-state index in [9.17, 15) is 17.2 Å². The molecule has 0 aliphatic carbocycles. The molecule has 0 saturated heterocycles. The Bertz CT molecular complexity index is 793. The molecule has 0 amide bonds. The second-order valence-electron chi connectivity index (χ2n) is 5.38. The first-order chi connectivity index (χ1) is 11.3. The van der Waals surface area contributed by atoms with E-state index in [4.69, 9.17) is 0 Å². The van der Waals surface area contributed by atoms with Crippen LogP contribution in [-0.2, 0) is 9.84 Å². The van der Waals surface area contributed by atoms with E-state index in [0.717, 1.165) is 19.1 Å². The summed E-state index contributed by atoms with van der Waals surface area (Å²) in [5.74, 6) is 0.142. The maximum absolute atomic E-state index is 13.1. The number of unbranched alkanes of at least 4 members (excludes halogenated alkanes) is 1. The van der Waals surface area contributed by atoms with E-state index >= 15 is 0 Å². The number of halogens is 2. The standard InChI is InChI=1S/C16H19F2N3O2S/c1-3-4-9-19-16-20-13(10-14(21-16)15(17)18)11-5-7-12(8-6-11)24(2,22)23/h5-8,10,15H,3-4,9H2,1-2H3,(H,19,20,21). The lowest BCUT2D eigenvalue weighted by atomic mass is 10.1. The number of benzene rings is 1. The Balaban J connectivity index is 2.37. The summed E-state index contributed by atoms with van der Waals surface area (Å²) in [5.41, 5.74) is 0.496. The van der Waals surface area contributed by atoms with Crippen LogP contribution in [0.15, 0.2) is 35.2 Å². The van der Waals surface area contributed by atoms with Crippen molar-refractivity contribution in [1.82, 2.24) is 9.97 Å². The molecule has 0 aliphatic heterocycles. The highest BCUT2D eigenvalue weighted by molar-refractivity contribution is 7.90. The van der Waals surface area contributed by atoms with Crippen molar-refractivity contribution in [2.75, 3.05) is 18.1 Å². The first-order valence-corrected chi connectivity index (χ1v) is 9.42. The van der Waals surface area contributed by atoms with Gasteiger partial charge in [-0.2, -0.15) is 0 Å². The summed E-state index contributed by atoms with van der Waals surface area (Å²) in [6.45, 7) is 2.61. The fraction of sp³-hybridized carbons (Fsp3) is 0.375. The van der Waals surface area contributed by atoms with Gasteiger partial charge in [0.25, 0.3) is 6.43 Å². The third-order valence-corrected chi connectivity index (χ3v) is 4.49. The number of aromatic nitrogens is 2. The Hall–Kier alpha value is -2.09. The predicted molar refractivity (Wildman–Crippen MR) is 88.9 cm³/mol.